The molecule has 2 fully saturated rings. The topological polar surface area (TPSA) is 48.0 Å². The summed E-state index contributed by atoms with van der Waals surface area (Å²) in [6, 6.07) is 8.26. The first-order chi connectivity index (χ1) is 12.9. The van der Waals surface area contributed by atoms with Gasteiger partial charge in [0.15, 0.2) is 6.29 Å². The molecule has 5 heteroatoms. The molecule has 2 aliphatic heterocycles. The number of rotatable bonds is 6. The SMILES string of the molecule is CC(C)(C)c1ccc(OCCCC(=O)N2CCC(C3OCCO3)CC2)cc1. The molecule has 1 amide bonds. The van der Waals surface area contributed by atoms with Crippen molar-refractivity contribution in [1.29, 1.82) is 0 Å². The van der Waals surface area contributed by atoms with Gasteiger partial charge in [0.25, 0.3) is 0 Å². The standard InChI is InChI=1S/C22H33NO4/c1-22(2,3)18-6-8-19(9-7-18)25-14-4-5-20(24)23-12-10-17(11-13-23)21-26-15-16-27-21/h6-9,17,21H,4-5,10-16H2,1-3H3. The van der Waals surface area contributed by atoms with Crippen LogP contribution in [0.1, 0.15) is 52.0 Å². The molecule has 0 radical (unpaired) electrons. The minimum Gasteiger partial charge on any atom is -0.494 e. The lowest BCUT2D eigenvalue weighted by Gasteiger charge is -2.33. The lowest BCUT2D eigenvalue weighted by molar-refractivity contribution is -0.137. The molecule has 3 rings (SSSR count). The minimum absolute atomic E-state index is 0.0553. The summed E-state index contributed by atoms with van der Waals surface area (Å²) in [5.41, 5.74) is 1.44. The van der Waals surface area contributed by atoms with Crippen LogP contribution in [0.25, 0.3) is 0 Å². The van der Waals surface area contributed by atoms with Crippen molar-refractivity contribution in [3.05, 3.63) is 29.8 Å². The molecular weight excluding hydrogens is 342 g/mol. The molecule has 150 valence electrons. The summed E-state index contributed by atoms with van der Waals surface area (Å²) in [4.78, 5) is 14.4. The lowest BCUT2D eigenvalue weighted by atomic mass is 9.87. The van der Waals surface area contributed by atoms with Crippen LogP contribution in [0.3, 0.4) is 0 Å². The molecule has 0 N–H and O–H groups in total. The van der Waals surface area contributed by atoms with Crippen LogP contribution in [0.15, 0.2) is 24.3 Å². The first kappa shape index (κ1) is 20.2. The van der Waals surface area contributed by atoms with E-state index < -0.39 is 0 Å². The Morgan fingerprint density at radius 3 is 2.33 bits per heavy atom. The maximum Gasteiger partial charge on any atom is 0.222 e. The Kier molecular flexibility index (Phi) is 6.77. The number of hydrogen-bond donors (Lipinski definition) is 0. The Bertz CT molecular complexity index is 594. The molecule has 27 heavy (non-hydrogen) atoms. The van der Waals surface area contributed by atoms with Crippen LogP contribution in [0.2, 0.25) is 0 Å². The molecule has 0 atom stereocenters. The van der Waals surface area contributed by atoms with Crippen LogP contribution in [0.5, 0.6) is 5.75 Å². The van der Waals surface area contributed by atoms with Crippen LogP contribution in [0.4, 0.5) is 0 Å². The number of carbonyl (C=O) groups is 1. The van der Waals surface area contributed by atoms with Crippen molar-refractivity contribution in [1.82, 2.24) is 4.90 Å². The van der Waals surface area contributed by atoms with Gasteiger partial charge in [0.2, 0.25) is 5.91 Å². The van der Waals surface area contributed by atoms with Crippen LogP contribution < -0.4 is 4.74 Å². The summed E-state index contributed by atoms with van der Waals surface area (Å²) < 4.78 is 17.0. The molecule has 0 unspecified atom stereocenters. The summed E-state index contributed by atoms with van der Waals surface area (Å²) in [5, 5.41) is 0. The van der Waals surface area contributed by atoms with E-state index in [4.69, 9.17) is 14.2 Å². The van der Waals surface area contributed by atoms with E-state index in [0.717, 1.165) is 38.1 Å². The lowest BCUT2D eigenvalue weighted by Crippen LogP contribution is -2.41. The first-order valence-electron chi connectivity index (χ1n) is 10.2. The van der Waals surface area contributed by atoms with Gasteiger partial charge in [-0.25, -0.2) is 0 Å². The molecule has 1 aromatic carbocycles. The van der Waals surface area contributed by atoms with E-state index in [1.54, 1.807) is 0 Å². The summed E-state index contributed by atoms with van der Waals surface area (Å²) in [6.45, 7) is 10.2. The predicted molar refractivity (Wildman–Crippen MR) is 105 cm³/mol. The van der Waals surface area contributed by atoms with Gasteiger partial charge >= 0.3 is 0 Å². The maximum absolute atomic E-state index is 12.4. The smallest absolute Gasteiger partial charge is 0.222 e. The van der Waals surface area contributed by atoms with Crippen LogP contribution in [-0.2, 0) is 19.7 Å². The van der Waals surface area contributed by atoms with E-state index in [9.17, 15) is 4.79 Å². The Hall–Kier alpha value is -1.59. The van der Waals surface area contributed by atoms with Crippen molar-refractivity contribution in [2.24, 2.45) is 5.92 Å². The summed E-state index contributed by atoms with van der Waals surface area (Å²) >= 11 is 0. The van der Waals surface area contributed by atoms with E-state index in [-0.39, 0.29) is 17.6 Å². The number of likely N-dealkylation sites (tertiary alicyclic amines) is 1. The van der Waals surface area contributed by atoms with Gasteiger partial charge < -0.3 is 19.1 Å². The quantitative estimate of drug-likeness (QED) is 0.711. The average molecular weight is 376 g/mol. The Morgan fingerprint density at radius 1 is 1.11 bits per heavy atom. The van der Waals surface area contributed by atoms with Crippen LogP contribution in [-0.4, -0.2) is 50.0 Å². The third-order valence-electron chi connectivity index (χ3n) is 5.45. The van der Waals surface area contributed by atoms with Gasteiger partial charge in [0, 0.05) is 25.4 Å². The van der Waals surface area contributed by atoms with E-state index in [1.807, 2.05) is 17.0 Å². The second-order valence-corrected chi connectivity index (χ2v) is 8.55. The van der Waals surface area contributed by atoms with Crippen molar-refractivity contribution in [3.8, 4) is 5.75 Å². The molecule has 0 aliphatic carbocycles. The van der Waals surface area contributed by atoms with Gasteiger partial charge in [-0.05, 0) is 42.4 Å². The van der Waals surface area contributed by atoms with E-state index >= 15 is 0 Å². The van der Waals surface area contributed by atoms with Crippen molar-refractivity contribution < 1.29 is 19.0 Å². The molecule has 2 heterocycles. The molecule has 5 nitrogen and oxygen atoms in total. The number of nitrogens with zero attached hydrogens (tertiary/aromatic N) is 1. The van der Waals surface area contributed by atoms with E-state index in [2.05, 4.69) is 32.9 Å². The average Bonchev–Trinajstić information content (AvgIpc) is 3.20. The molecule has 0 bridgehead atoms. The van der Waals surface area contributed by atoms with Crippen molar-refractivity contribution in [3.63, 3.8) is 0 Å². The summed E-state index contributed by atoms with van der Waals surface area (Å²) in [5.74, 6) is 1.53. The third kappa shape index (κ3) is 5.69. The van der Waals surface area contributed by atoms with E-state index in [0.29, 0.717) is 32.2 Å². The number of benzene rings is 1. The number of amides is 1. The van der Waals surface area contributed by atoms with Crippen molar-refractivity contribution in [2.45, 2.75) is 58.2 Å². The predicted octanol–water partition coefficient (Wildman–Crippen LogP) is 3.75. The molecule has 0 aromatic heterocycles. The highest BCUT2D eigenvalue weighted by Gasteiger charge is 2.31. The fourth-order valence-corrected chi connectivity index (χ4v) is 3.69. The monoisotopic (exact) mass is 375 g/mol. The Morgan fingerprint density at radius 2 is 1.74 bits per heavy atom. The highest BCUT2D eigenvalue weighted by atomic mass is 16.7. The molecular formula is C22H33NO4. The number of ether oxygens (including phenoxy) is 3. The fraction of sp³-hybridized carbons (Fsp3) is 0.682. The number of carbonyl (C=O) groups excluding carboxylic acids is 1. The van der Waals surface area contributed by atoms with Crippen LogP contribution >= 0.6 is 0 Å². The zero-order chi connectivity index (χ0) is 19.3. The Balaban J connectivity index is 1.33. The molecule has 1 aromatic rings. The number of piperidine rings is 1. The normalized spacial score (nSPS) is 19.4. The number of hydrogen-bond acceptors (Lipinski definition) is 4. The second kappa shape index (κ2) is 9.07. The second-order valence-electron chi connectivity index (χ2n) is 8.55. The minimum atomic E-state index is -0.0553. The Labute approximate surface area is 163 Å². The molecule has 2 saturated heterocycles. The maximum atomic E-state index is 12.4. The van der Waals surface area contributed by atoms with Gasteiger partial charge in [-0.15, -0.1) is 0 Å². The van der Waals surface area contributed by atoms with Crippen molar-refractivity contribution >= 4 is 5.91 Å². The molecule has 0 saturated carbocycles. The summed E-state index contributed by atoms with van der Waals surface area (Å²) in [6.07, 6.45) is 3.16. The van der Waals surface area contributed by atoms with Gasteiger partial charge in [-0.2, -0.15) is 0 Å². The molecule has 2 aliphatic rings. The zero-order valence-corrected chi connectivity index (χ0v) is 16.9. The van der Waals surface area contributed by atoms with Crippen molar-refractivity contribution in [2.75, 3.05) is 32.9 Å². The first-order valence-corrected chi connectivity index (χ1v) is 10.2. The van der Waals surface area contributed by atoms with Gasteiger partial charge in [0.1, 0.15) is 5.75 Å². The summed E-state index contributed by atoms with van der Waals surface area (Å²) in [7, 11) is 0. The molecule has 0 spiro atoms. The highest BCUT2D eigenvalue weighted by molar-refractivity contribution is 5.76. The van der Waals surface area contributed by atoms with Crippen LogP contribution in [0, 0.1) is 5.92 Å². The highest BCUT2D eigenvalue weighted by Crippen LogP contribution is 2.26. The zero-order valence-electron chi connectivity index (χ0n) is 16.9. The van der Waals surface area contributed by atoms with E-state index in [1.165, 1.54) is 5.56 Å². The van der Waals surface area contributed by atoms with Gasteiger partial charge in [0.05, 0.1) is 19.8 Å². The fourth-order valence-electron chi connectivity index (χ4n) is 3.69. The third-order valence-corrected chi connectivity index (χ3v) is 5.45. The largest absolute Gasteiger partial charge is 0.494 e. The van der Waals surface area contributed by atoms with Gasteiger partial charge in [-0.3, -0.25) is 4.79 Å². The van der Waals surface area contributed by atoms with Gasteiger partial charge in [-0.1, -0.05) is 32.9 Å².